The van der Waals surface area contributed by atoms with E-state index in [1.165, 1.54) is 0 Å². The molecule has 5 heteroatoms. The number of nitrogens with zero attached hydrogens (tertiary/aromatic N) is 2. The average Bonchev–Trinajstić information content (AvgIpc) is 2.84. The number of benzene rings is 1. The summed E-state index contributed by atoms with van der Waals surface area (Å²) in [6.07, 6.45) is 0. The number of hydrogen-bond acceptors (Lipinski definition) is 4. The zero-order chi connectivity index (χ0) is 12.8. The molecule has 0 aliphatic carbocycles. The lowest BCUT2D eigenvalue weighted by Gasteiger charge is -1.97. The van der Waals surface area contributed by atoms with Gasteiger partial charge in [0.05, 0.1) is 18.7 Å². The lowest BCUT2D eigenvalue weighted by atomic mass is 10.2. The van der Waals surface area contributed by atoms with Gasteiger partial charge in [-0.2, -0.15) is 0 Å². The summed E-state index contributed by atoms with van der Waals surface area (Å²) in [4.78, 5) is 0. The molecule has 1 aromatic heterocycles. The van der Waals surface area contributed by atoms with Crippen LogP contribution in [0, 0.1) is 11.8 Å². The maximum absolute atomic E-state index is 5.57. The highest BCUT2D eigenvalue weighted by atomic mass is 79.9. The van der Waals surface area contributed by atoms with Crippen LogP contribution < -0.4 is 5.32 Å². The standard InChI is InChI=1S/C13H12BrN3O/c1-2-3-8-15-9-12-16-17-13(18-12)10-6-4-5-7-11(10)14/h4-7,15H,8-9H2,1H3. The Hall–Kier alpha value is -1.64. The van der Waals surface area contributed by atoms with E-state index in [2.05, 4.69) is 43.3 Å². The summed E-state index contributed by atoms with van der Waals surface area (Å²) in [5.41, 5.74) is 0.893. The molecule has 1 heterocycles. The Morgan fingerprint density at radius 1 is 1.33 bits per heavy atom. The summed E-state index contributed by atoms with van der Waals surface area (Å²) in [7, 11) is 0. The van der Waals surface area contributed by atoms with E-state index >= 15 is 0 Å². The van der Waals surface area contributed by atoms with E-state index in [1.807, 2.05) is 24.3 Å². The third kappa shape index (κ3) is 3.19. The van der Waals surface area contributed by atoms with E-state index in [0.717, 1.165) is 10.0 Å². The predicted molar refractivity (Wildman–Crippen MR) is 72.6 cm³/mol. The molecule has 18 heavy (non-hydrogen) atoms. The van der Waals surface area contributed by atoms with Crippen LogP contribution in [0.3, 0.4) is 0 Å². The lowest BCUT2D eigenvalue weighted by Crippen LogP contribution is -2.13. The molecule has 0 bridgehead atoms. The molecule has 2 aromatic rings. The van der Waals surface area contributed by atoms with Crippen molar-refractivity contribution in [2.24, 2.45) is 0 Å². The molecule has 1 aromatic carbocycles. The third-order valence-electron chi connectivity index (χ3n) is 2.24. The van der Waals surface area contributed by atoms with Gasteiger partial charge in [-0.05, 0) is 35.0 Å². The number of nitrogens with one attached hydrogen (secondary N) is 1. The van der Waals surface area contributed by atoms with Crippen molar-refractivity contribution < 1.29 is 4.42 Å². The van der Waals surface area contributed by atoms with Crippen LogP contribution in [-0.4, -0.2) is 16.7 Å². The van der Waals surface area contributed by atoms with Gasteiger partial charge in [0.25, 0.3) is 0 Å². The van der Waals surface area contributed by atoms with Gasteiger partial charge in [0, 0.05) is 4.47 Å². The fraction of sp³-hybridized carbons (Fsp3) is 0.231. The second-order valence-electron chi connectivity index (χ2n) is 3.51. The van der Waals surface area contributed by atoms with Crippen LogP contribution >= 0.6 is 15.9 Å². The molecule has 0 spiro atoms. The highest BCUT2D eigenvalue weighted by Crippen LogP contribution is 2.26. The van der Waals surface area contributed by atoms with Crippen molar-refractivity contribution in [2.75, 3.05) is 6.54 Å². The molecular weight excluding hydrogens is 294 g/mol. The van der Waals surface area contributed by atoms with Gasteiger partial charge in [-0.15, -0.1) is 16.1 Å². The summed E-state index contributed by atoms with van der Waals surface area (Å²) in [6, 6.07) is 7.74. The summed E-state index contributed by atoms with van der Waals surface area (Å²) < 4.78 is 6.50. The molecular formula is C13H12BrN3O. The van der Waals surface area contributed by atoms with E-state index < -0.39 is 0 Å². The Bertz CT molecular complexity index is 583. The fourth-order valence-corrected chi connectivity index (χ4v) is 1.84. The van der Waals surface area contributed by atoms with Gasteiger partial charge in [-0.1, -0.05) is 18.1 Å². The van der Waals surface area contributed by atoms with Crippen LogP contribution in [0.25, 0.3) is 11.5 Å². The van der Waals surface area contributed by atoms with Gasteiger partial charge < -0.3 is 4.42 Å². The van der Waals surface area contributed by atoms with Gasteiger partial charge in [0.2, 0.25) is 11.8 Å². The molecule has 0 aliphatic rings. The first-order chi connectivity index (χ1) is 8.81. The Labute approximate surface area is 114 Å². The van der Waals surface area contributed by atoms with E-state index in [0.29, 0.717) is 24.9 Å². The van der Waals surface area contributed by atoms with Crippen molar-refractivity contribution in [3.05, 3.63) is 34.6 Å². The van der Waals surface area contributed by atoms with Crippen LogP contribution in [-0.2, 0) is 6.54 Å². The van der Waals surface area contributed by atoms with E-state index in [1.54, 1.807) is 6.92 Å². The summed E-state index contributed by atoms with van der Waals surface area (Å²) in [6.45, 7) is 2.94. The zero-order valence-electron chi connectivity index (χ0n) is 9.90. The van der Waals surface area contributed by atoms with Crippen LogP contribution in [0.1, 0.15) is 12.8 Å². The minimum absolute atomic E-state index is 0.515. The molecule has 0 amide bonds. The molecule has 0 fully saturated rings. The van der Waals surface area contributed by atoms with Gasteiger partial charge in [-0.25, -0.2) is 0 Å². The molecule has 4 nitrogen and oxygen atoms in total. The van der Waals surface area contributed by atoms with Gasteiger partial charge >= 0.3 is 0 Å². The van der Waals surface area contributed by atoms with Crippen molar-refractivity contribution in [3.63, 3.8) is 0 Å². The monoisotopic (exact) mass is 305 g/mol. The Balaban J connectivity index is 2.06. The third-order valence-corrected chi connectivity index (χ3v) is 2.93. The average molecular weight is 306 g/mol. The van der Waals surface area contributed by atoms with Gasteiger partial charge in [-0.3, -0.25) is 5.32 Å². The number of halogens is 1. The highest BCUT2D eigenvalue weighted by Gasteiger charge is 2.10. The maximum atomic E-state index is 5.57. The SMILES string of the molecule is CC#CCNCc1nnc(-c2ccccc2Br)o1. The zero-order valence-corrected chi connectivity index (χ0v) is 11.5. The molecule has 92 valence electrons. The molecule has 0 atom stereocenters. The molecule has 0 radical (unpaired) electrons. The molecule has 0 unspecified atom stereocenters. The van der Waals surface area contributed by atoms with E-state index in [9.17, 15) is 0 Å². The molecule has 0 saturated carbocycles. The number of aromatic nitrogens is 2. The van der Waals surface area contributed by atoms with Crippen LogP contribution in [0.4, 0.5) is 0 Å². The van der Waals surface area contributed by atoms with E-state index in [-0.39, 0.29) is 0 Å². The molecule has 2 rings (SSSR count). The highest BCUT2D eigenvalue weighted by molar-refractivity contribution is 9.10. The van der Waals surface area contributed by atoms with Crippen LogP contribution in [0.15, 0.2) is 33.2 Å². The largest absolute Gasteiger partial charge is 0.419 e. The minimum atomic E-state index is 0.515. The first kappa shape index (κ1) is 12.8. The van der Waals surface area contributed by atoms with E-state index in [4.69, 9.17) is 4.42 Å². The van der Waals surface area contributed by atoms with Crippen molar-refractivity contribution in [2.45, 2.75) is 13.5 Å². The summed E-state index contributed by atoms with van der Waals surface area (Å²) in [5.74, 6) is 6.78. The van der Waals surface area contributed by atoms with Crippen molar-refractivity contribution >= 4 is 15.9 Å². The Kier molecular flexibility index (Phi) is 4.51. The quantitative estimate of drug-likeness (QED) is 0.697. The lowest BCUT2D eigenvalue weighted by molar-refractivity contribution is 0.486. The Morgan fingerprint density at radius 2 is 2.17 bits per heavy atom. The summed E-state index contributed by atoms with van der Waals surface area (Å²) >= 11 is 3.45. The van der Waals surface area contributed by atoms with Gasteiger partial charge in [0.1, 0.15) is 0 Å². The van der Waals surface area contributed by atoms with Crippen LogP contribution in [0.5, 0.6) is 0 Å². The normalized spacial score (nSPS) is 9.89. The van der Waals surface area contributed by atoms with Crippen LogP contribution in [0.2, 0.25) is 0 Å². The number of hydrogen-bond donors (Lipinski definition) is 1. The summed E-state index contributed by atoms with van der Waals surface area (Å²) in [5, 5.41) is 11.1. The minimum Gasteiger partial charge on any atom is -0.419 e. The molecule has 0 saturated heterocycles. The van der Waals surface area contributed by atoms with Crippen molar-refractivity contribution in [3.8, 4) is 23.3 Å². The fourth-order valence-electron chi connectivity index (χ4n) is 1.39. The topological polar surface area (TPSA) is 51.0 Å². The first-order valence-electron chi connectivity index (χ1n) is 5.49. The van der Waals surface area contributed by atoms with Gasteiger partial charge in [0.15, 0.2) is 0 Å². The van der Waals surface area contributed by atoms with Crippen molar-refractivity contribution in [1.82, 2.24) is 15.5 Å². The number of rotatable bonds is 4. The molecule has 0 aliphatic heterocycles. The molecule has 1 N–H and O–H groups in total. The first-order valence-corrected chi connectivity index (χ1v) is 6.28. The Morgan fingerprint density at radius 3 is 2.94 bits per heavy atom. The van der Waals surface area contributed by atoms with Crippen molar-refractivity contribution in [1.29, 1.82) is 0 Å². The predicted octanol–water partition coefficient (Wildman–Crippen LogP) is 2.61. The second-order valence-corrected chi connectivity index (χ2v) is 4.37. The maximum Gasteiger partial charge on any atom is 0.248 e. The smallest absolute Gasteiger partial charge is 0.248 e. The second kappa shape index (κ2) is 6.34.